The summed E-state index contributed by atoms with van der Waals surface area (Å²) in [5.74, 6) is -0.0946. The molecule has 6 nitrogen and oxygen atoms in total. The maximum absolute atomic E-state index is 12.5. The summed E-state index contributed by atoms with van der Waals surface area (Å²) in [4.78, 5) is 24.5. The number of aliphatic hydroxyl groups is 2. The van der Waals surface area contributed by atoms with Gasteiger partial charge in [0.05, 0.1) is 25.4 Å². The van der Waals surface area contributed by atoms with Crippen LogP contribution in [-0.4, -0.2) is 47.4 Å². The molecule has 0 heterocycles. The Labute approximate surface area is 397 Å². The first kappa shape index (κ1) is 61.8. The van der Waals surface area contributed by atoms with Crippen LogP contribution in [0.15, 0.2) is 48.6 Å². The Morgan fingerprint density at radius 3 is 1.34 bits per heavy atom. The number of amides is 1. The van der Waals surface area contributed by atoms with Crippen LogP contribution in [0.25, 0.3) is 0 Å². The summed E-state index contributed by atoms with van der Waals surface area (Å²) < 4.78 is 5.43. The van der Waals surface area contributed by atoms with Crippen molar-refractivity contribution in [1.82, 2.24) is 5.32 Å². The highest BCUT2D eigenvalue weighted by molar-refractivity contribution is 5.76. The standard InChI is InChI=1S/C58H107NO5/c1-3-5-7-9-11-13-15-17-18-19-20-21-23-27-30-34-38-42-46-50-56(61)55(54-60)59-57(62)51-47-43-39-35-31-28-24-22-25-29-33-37-41-45-49-53-64-58(63)52-48-44-40-36-32-26-16-14-12-10-8-6-4-2/h8,10,14,16,22,25,29,33,55-56,60-61H,3-7,9,11-13,15,17-21,23-24,26-28,30-32,34-54H2,1-2H3,(H,59,62)/b10-8-,16-14-,25-22-,33-29-. The fraction of sp³-hybridized carbons (Fsp3) is 0.828. The van der Waals surface area contributed by atoms with Gasteiger partial charge in [0, 0.05) is 12.8 Å². The summed E-state index contributed by atoms with van der Waals surface area (Å²) in [5.41, 5.74) is 0. The van der Waals surface area contributed by atoms with Gasteiger partial charge in [0.25, 0.3) is 0 Å². The zero-order chi connectivity index (χ0) is 46.5. The molecule has 2 unspecified atom stereocenters. The number of carbonyl (C=O) groups excluding carboxylic acids is 2. The lowest BCUT2D eigenvalue weighted by Crippen LogP contribution is -2.45. The lowest BCUT2D eigenvalue weighted by Gasteiger charge is -2.22. The van der Waals surface area contributed by atoms with Crippen LogP contribution >= 0.6 is 0 Å². The van der Waals surface area contributed by atoms with E-state index in [4.69, 9.17) is 4.74 Å². The molecule has 6 heteroatoms. The third kappa shape index (κ3) is 49.3. The second kappa shape index (κ2) is 53.4. The van der Waals surface area contributed by atoms with Crippen molar-refractivity contribution in [2.75, 3.05) is 13.2 Å². The maximum atomic E-state index is 12.5. The fourth-order valence-corrected chi connectivity index (χ4v) is 8.31. The molecule has 0 rings (SSSR count). The van der Waals surface area contributed by atoms with Crippen molar-refractivity contribution in [1.29, 1.82) is 0 Å². The number of rotatable bonds is 51. The molecule has 0 bridgehead atoms. The number of nitrogens with one attached hydrogen (secondary N) is 1. The van der Waals surface area contributed by atoms with Crippen LogP contribution in [0.2, 0.25) is 0 Å². The van der Waals surface area contributed by atoms with Gasteiger partial charge in [0.15, 0.2) is 0 Å². The maximum Gasteiger partial charge on any atom is 0.305 e. The first-order valence-corrected chi connectivity index (χ1v) is 27.9. The van der Waals surface area contributed by atoms with Gasteiger partial charge in [0.1, 0.15) is 0 Å². The van der Waals surface area contributed by atoms with Gasteiger partial charge in [-0.2, -0.15) is 0 Å². The fourth-order valence-electron chi connectivity index (χ4n) is 8.31. The molecule has 2 atom stereocenters. The third-order valence-corrected chi connectivity index (χ3v) is 12.6. The number of unbranched alkanes of at least 4 members (excludes halogenated alkanes) is 33. The predicted octanol–water partition coefficient (Wildman–Crippen LogP) is 17.0. The van der Waals surface area contributed by atoms with E-state index in [1.807, 2.05) is 0 Å². The van der Waals surface area contributed by atoms with Gasteiger partial charge in [-0.1, -0.05) is 236 Å². The number of esters is 1. The zero-order valence-electron chi connectivity index (χ0n) is 42.5. The van der Waals surface area contributed by atoms with Crippen LogP contribution in [0.4, 0.5) is 0 Å². The van der Waals surface area contributed by atoms with E-state index in [1.54, 1.807) is 0 Å². The molecule has 3 N–H and O–H groups in total. The Balaban J connectivity index is 3.54. The van der Waals surface area contributed by atoms with Crippen molar-refractivity contribution < 1.29 is 24.5 Å². The molecule has 0 aromatic heterocycles. The number of carbonyl (C=O) groups is 2. The highest BCUT2D eigenvalue weighted by atomic mass is 16.5. The minimum atomic E-state index is -0.680. The van der Waals surface area contributed by atoms with Gasteiger partial charge in [-0.3, -0.25) is 9.59 Å². The van der Waals surface area contributed by atoms with Crippen LogP contribution in [0.5, 0.6) is 0 Å². The molecule has 0 aliphatic carbocycles. The number of allylic oxidation sites excluding steroid dienone is 8. The normalized spacial score (nSPS) is 13.0. The van der Waals surface area contributed by atoms with Crippen LogP contribution < -0.4 is 5.32 Å². The van der Waals surface area contributed by atoms with E-state index >= 15 is 0 Å². The van der Waals surface area contributed by atoms with E-state index in [0.29, 0.717) is 25.9 Å². The minimum Gasteiger partial charge on any atom is -0.466 e. The average Bonchev–Trinajstić information content (AvgIpc) is 3.29. The van der Waals surface area contributed by atoms with Crippen molar-refractivity contribution in [2.24, 2.45) is 0 Å². The SMILES string of the molecule is CCC/C=C\C/C=C\CCCCCCCC(=O)OCCCCC/C=C\C=C/CCCCCCCCC(=O)NC(CO)C(O)CCCCCCCCCCCCCCCCCCCCC. The van der Waals surface area contributed by atoms with Gasteiger partial charge < -0.3 is 20.3 Å². The quantitative estimate of drug-likeness (QED) is 0.0245. The van der Waals surface area contributed by atoms with Gasteiger partial charge in [-0.15, -0.1) is 0 Å². The van der Waals surface area contributed by atoms with Crippen LogP contribution in [0.3, 0.4) is 0 Å². The molecule has 0 aliphatic heterocycles. The molecule has 64 heavy (non-hydrogen) atoms. The molecular weight excluding hydrogens is 791 g/mol. The number of hydrogen-bond donors (Lipinski definition) is 3. The topological polar surface area (TPSA) is 95.9 Å². The van der Waals surface area contributed by atoms with Crippen molar-refractivity contribution >= 4 is 11.9 Å². The summed E-state index contributed by atoms with van der Waals surface area (Å²) >= 11 is 0. The van der Waals surface area contributed by atoms with Gasteiger partial charge in [0.2, 0.25) is 5.91 Å². The summed E-state index contributed by atoms with van der Waals surface area (Å²) in [7, 11) is 0. The molecule has 374 valence electrons. The molecule has 0 aliphatic rings. The van der Waals surface area contributed by atoms with Gasteiger partial charge in [-0.25, -0.2) is 0 Å². The van der Waals surface area contributed by atoms with Crippen molar-refractivity contribution in [2.45, 2.75) is 296 Å². The Morgan fingerprint density at radius 2 is 0.859 bits per heavy atom. The van der Waals surface area contributed by atoms with E-state index in [2.05, 4.69) is 67.8 Å². The van der Waals surface area contributed by atoms with Crippen molar-refractivity contribution in [3.8, 4) is 0 Å². The summed E-state index contributed by atoms with van der Waals surface area (Å²) in [6.07, 6.45) is 66.6. The molecule has 0 aromatic rings. The van der Waals surface area contributed by atoms with Crippen molar-refractivity contribution in [3.63, 3.8) is 0 Å². The second-order valence-electron chi connectivity index (χ2n) is 18.9. The molecule has 0 radical (unpaired) electrons. The largest absolute Gasteiger partial charge is 0.466 e. The third-order valence-electron chi connectivity index (χ3n) is 12.6. The van der Waals surface area contributed by atoms with Crippen molar-refractivity contribution in [3.05, 3.63) is 48.6 Å². The monoisotopic (exact) mass is 898 g/mol. The Hall–Kier alpha value is -2.18. The highest BCUT2D eigenvalue weighted by Crippen LogP contribution is 2.16. The molecule has 0 saturated carbocycles. The Morgan fingerprint density at radius 1 is 0.453 bits per heavy atom. The first-order chi connectivity index (χ1) is 31.5. The lowest BCUT2D eigenvalue weighted by atomic mass is 10.0. The minimum absolute atomic E-state index is 0.0373. The molecule has 0 spiro atoms. The van der Waals surface area contributed by atoms with Crippen LogP contribution in [0, 0.1) is 0 Å². The second-order valence-corrected chi connectivity index (χ2v) is 18.9. The zero-order valence-corrected chi connectivity index (χ0v) is 42.5. The Bertz CT molecular complexity index is 1080. The molecule has 1 amide bonds. The average molecular weight is 898 g/mol. The molecular formula is C58H107NO5. The predicted molar refractivity (Wildman–Crippen MR) is 278 cm³/mol. The van der Waals surface area contributed by atoms with E-state index in [1.165, 1.54) is 161 Å². The lowest BCUT2D eigenvalue weighted by molar-refractivity contribution is -0.143. The summed E-state index contributed by atoms with van der Waals surface area (Å²) in [6, 6.07) is -0.560. The first-order valence-electron chi connectivity index (χ1n) is 27.9. The molecule has 0 fully saturated rings. The number of hydrogen-bond acceptors (Lipinski definition) is 5. The van der Waals surface area contributed by atoms with Crippen LogP contribution in [0.1, 0.15) is 284 Å². The summed E-state index contributed by atoms with van der Waals surface area (Å²) in [6.45, 7) is 4.83. The van der Waals surface area contributed by atoms with E-state index in [0.717, 1.165) is 89.9 Å². The number of ether oxygens (including phenoxy) is 1. The van der Waals surface area contributed by atoms with E-state index < -0.39 is 12.1 Å². The highest BCUT2D eigenvalue weighted by Gasteiger charge is 2.20. The van der Waals surface area contributed by atoms with E-state index in [-0.39, 0.29) is 18.5 Å². The summed E-state index contributed by atoms with van der Waals surface area (Å²) in [5, 5.41) is 23.3. The van der Waals surface area contributed by atoms with Gasteiger partial charge >= 0.3 is 5.97 Å². The molecule has 0 saturated heterocycles. The van der Waals surface area contributed by atoms with E-state index in [9.17, 15) is 19.8 Å². The molecule has 0 aromatic carbocycles. The Kier molecular flexibility index (Phi) is 51.6. The number of aliphatic hydroxyl groups excluding tert-OH is 2. The smallest absolute Gasteiger partial charge is 0.305 e. The van der Waals surface area contributed by atoms with Gasteiger partial charge in [-0.05, 0) is 83.5 Å². The van der Waals surface area contributed by atoms with Crippen LogP contribution in [-0.2, 0) is 14.3 Å².